The molecular formula is C18H16F3N5O2S. The molecule has 0 saturated heterocycles. The number of para-hydroxylation sites is 2. The Balaban J connectivity index is 1.74. The second kappa shape index (κ2) is 8.52. The average molecular weight is 423 g/mol. The van der Waals surface area contributed by atoms with E-state index >= 15 is 0 Å². The molecule has 0 spiro atoms. The topological polar surface area (TPSA) is 81.9 Å². The molecule has 1 amide bonds. The molecule has 11 heteroatoms. The Morgan fingerprint density at radius 2 is 1.97 bits per heavy atom. The molecule has 7 nitrogen and oxygen atoms in total. The van der Waals surface area contributed by atoms with Gasteiger partial charge in [0.15, 0.2) is 0 Å². The fraction of sp³-hybridized carbons (Fsp3) is 0.222. The van der Waals surface area contributed by atoms with E-state index in [2.05, 4.69) is 20.8 Å². The summed E-state index contributed by atoms with van der Waals surface area (Å²) in [6.07, 6.45) is -4.49. The molecule has 152 valence electrons. The Labute approximate surface area is 168 Å². The van der Waals surface area contributed by atoms with Gasteiger partial charge in [0.2, 0.25) is 11.1 Å². The summed E-state index contributed by atoms with van der Waals surface area (Å²) in [4.78, 5) is 12.5. The third-order valence-corrected chi connectivity index (χ3v) is 4.90. The molecule has 0 fully saturated rings. The summed E-state index contributed by atoms with van der Waals surface area (Å²) in [5.74, 6) is 0.0617. The first kappa shape index (κ1) is 20.6. The molecule has 29 heavy (non-hydrogen) atoms. The largest absolute Gasteiger partial charge is 0.494 e. The molecule has 0 aliphatic rings. The minimum atomic E-state index is -4.49. The van der Waals surface area contributed by atoms with Gasteiger partial charge in [-0.1, -0.05) is 30.0 Å². The van der Waals surface area contributed by atoms with Crippen LogP contribution < -0.4 is 10.1 Å². The number of benzene rings is 2. The van der Waals surface area contributed by atoms with Crippen molar-refractivity contribution in [3.05, 3.63) is 54.1 Å². The molecule has 1 atom stereocenters. The van der Waals surface area contributed by atoms with Crippen LogP contribution in [0.25, 0.3) is 5.69 Å². The van der Waals surface area contributed by atoms with Gasteiger partial charge in [-0.25, -0.2) is 0 Å². The van der Waals surface area contributed by atoms with Crippen LogP contribution in [0, 0.1) is 0 Å². The van der Waals surface area contributed by atoms with Crippen LogP contribution in [0.5, 0.6) is 5.75 Å². The summed E-state index contributed by atoms with van der Waals surface area (Å²) in [6, 6.07) is 11.5. The standard InChI is InChI=1S/C18H16F3N5O2S/c1-11(16(27)22-13-7-5-6-12(10-13)18(19,20)21)29-17-23-24-25-26(17)14-8-3-4-9-15(14)28-2/h3-11H,1-2H3,(H,22,27). The lowest BCUT2D eigenvalue weighted by molar-refractivity contribution is -0.137. The fourth-order valence-electron chi connectivity index (χ4n) is 2.44. The van der Waals surface area contributed by atoms with Crippen LogP contribution >= 0.6 is 11.8 Å². The van der Waals surface area contributed by atoms with E-state index in [1.54, 1.807) is 31.2 Å². The normalized spacial score (nSPS) is 12.4. The summed E-state index contributed by atoms with van der Waals surface area (Å²) < 4.78 is 45.2. The Kier molecular flexibility index (Phi) is 6.06. The minimum Gasteiger partial charge on any atom is -0.494 e. The zero-order valence-electron chi connectivity index (χ0n) is 15.3. The maximum atomic E-state index is 12.8. The molecule has 0 bridgehead atoms. The van der Waals surface area contributed by atoms with Gasteiger partial charge in [0.05, 0.1) is 17.9 Å². The third-order valence-electron chi connectivity index (χ3n) is 3.86. The van der Waals surface area contributed by atoms with Crippen molar-refractivity contribution in [2.45, 2.75) is 23.5 Å². The van der Waals surface area contributed by atoms with Gasteiger partial charge in [0.25, 0.3) is 0 Å². The van der Waals surface area contributed by atoms with Crippen molar-refractivity contribution in [2.75, 3.05) is 12.4 Å². The lowest BCUT2D eigenvalue weighted by Crippen LogP contribution is -2.23. The lowest BCUT2D eigenvalue weighted by Gasteiger charge is -2.14. The zero-order valence-corrected chi connectivity index (χ0v) is 16.2. The average Bonchev–Trinajstić information content (AvgIpc) is 3.15. The van der Waals surface area contributed by atoms with Gasteiger partial charge < -0.3 is 10.1 Å². The van der Waals surface area contributed by atoms with E-state index in [-0.39, 0.29) is 5.69 Å². The first-order chi connectivity index (χ1) is 13.8. The fourth-order valence-corrected chi connectivity index (χ4v) is 3.24. The van der Waals surface area contributed by atoms with Crippen LogP contribution in [0.1, 0.15) is 12.5 Å². The van der Waals surface area contributed by atoms with E-state index < -0.39 is 22.9 Å². The van der Waals surface area contributed by atoms with E-state index in [0.717, 1.165) is 23.9 Å². The molecule has 3 aromatic rings. The van der Waals surface area contributed by atoms with Crippen LogP contribution in [0.3, 0.4) is 0 Å². The highest BCUT2D eigenvalue weighted by Gasteiger charge is 2.30. The minimum absolute atomic E-state index is 0.0570. The van der Waals surface area contributed by atoms with Crippen molar-refractivity contribution < 1.29 is 22.7 Å². The Bertz CT molecular complexity index is 1010. The number of rotatable bonds is 6. The number of aromatic nitrogens is 4. The highest BCUT2D eigenvalue weighted by molar-refractivity contribution is 8.00. The molecule has 0 aliphatic heterocycles. The summed E-state index contributed by atoms with van der Waals surface area (Å²) >= 11 is 1.07. The quantitative estimate of drug-likeness (QED) is 0.608. The second-order valence-electron chi connectivity index (χ2n) is 5.87. The molecule has 0 saturated carbocycles. The smallest absolute Gasteiger partial charge is 0.416 e. The van der Waals surface area contributed by atoms with Crippen LogP contribution in [0.2, 0.25) is 0 Å². The van der Waals surface area contributed by atoms with Crippen LogP contribution in [-0.4, -0.2) is 38.5 Å². The number of alkyl halides is 3. The van der Waals surface area contributed by atoms with Crippen molar-refractivity contribution in [3.8, 4) is 11.4 Å². The molecule has 3 rings (SSSR count). The first-order valence-corrected chi connectivity index (χ1v) is 9.24. The van der Waals surface area contributed by atoms with E-state index in [0.29, 0.717) is 16.6 Å². The SMILES string of the molecule is COc1ccccc1-n1nnnc1SC(C)C(=O)Nc1cccc(C(F)(F)F)c1. The number of ether oxygens (including phenoxy) is 1. The monoisotopic (exact) mass is 423 g/mol. The Morgan fingerprint density at radius 1 is 1.21 bits per heavy atom. The van der Waals surface area contributed by atoms with Crippen molar-refractivity contribution in [3.63, 3.8) is 0 Å². The number of nitrogens with one attached hydrogen (secondary N) is 1. The van der Waals surface area contributed by atoms with Crippen molar-refractivity contribution in [1.82, 2.24) is 20.2 Å². The van der Waals surface area contributed by atoms with Gasteiger partial charge in [-0.15, -0.1) is 5.10 Å². The number of hydrogen-bond acceptors (Lipinski definition) is 6. The molecule has 1 N–H and O–H groups in total. The number of nitrogens with zero attached hydrogens (tertiary/aromatic N) is 4. The molecule has 0 radical (unpaired) electrons. The van der Waals surface area contributed by atoms with Crippen molar-refractivity contribution in [2.24, 2.45) is 0 Å². The Hall–Kier alpha value is -3.08. The molecule has 1 aromatic heterocycles. The predicted molar refractivity (Wildman–Crippen MR) is 101 cm³/mol. The maximum absolute atomic E-state index is 12.8. The summed E-state index contributed by atoms with van der Waals surface area (Å²) in [5.41, 5.74) is -0.190. The number of carbonyl (C=O) groups excluding carboxylic acids is 1. The van der Waals surface area contributed by atoms with E-state index in [9.17, 15) is 18.0 Å². The van der Waals surface area contributed by atoms with Crippen LogP contribution in [-0.2, 0) is 11.0 Å². The molecule has 0 aliphatic carbocycles. The Morgan fingerprint density at radius 3 is 2.69 bits per heavy atom. The van der Waals surface area contributed by atoms with Gasteiger partial charge in [-0.05, 0) is 47.7 Å². The van der Waals surface area contributed by atoms with E-state index in [1.807, 2.05) is 0 Å². The maximum Gasteiger partial charge on any atom is 0.416 e. The molecule has 2 aromatic carbocycles. The lowest BCUT2D eigenvalue weighted by atomic mass is 10.2. The number of halogens is 3. The van der Waals surface area contributed by atoms with E-state index in [4.69, 9.17) is 4.74 Å². The van der Waals surface area contributed by atoms with Gasteiger partial charge >= 0.3 is 6.18 Å². The third kappa shape index (κ3) is 4.86. The number of carbonyl (C=O) groups is 1. The van der Waals surface area contributed by atoms with Crippen molar-refractivity contribution in [1.29, 1.82) is 0 Å². The van der Waals surface area contributed by atoms with Crippen LogP contribution in [0.4, 0.5) is 18.9 Å². The summed E-state index contributed by atoms with van der Waals surface area (Å²) in [7, 11) is 1.52. The van der Waals surface area contributed by atoms with E-state index in [1.165, 1.54) is 23.9 Å². The zero-order chi connectivity index (χ0) is 21.0. The first-order valence-electron chi connectivity index (χ1n) is 8.36. The van der Waals surface area contributed by atoms with Gasteiger partial charge in [0, 0.05) is 5.69 Å². The highest BCUT2D eigenvalue weighted by atomic mass is 32.2. The number of amides is 1. The molecular weight excluding hydrogens is 407 g/mol. The van der Waals surface area contributed by atoms with Crippen molar-refractivity contribution >= 4 is 23.4 Å². The van der Waals surface area contributed by atoms with Gasteiger partial charge in [0.1, 0.15) is 11.4 Å². The number of tetrazole rings is 1. The number of thioether (sulfide) groups is 1. The van der Waals surface area contributed by atoms with Crippen LogP contribution in [0.15, 0.2) is 53.7 Å². The predicted octanol–water partition coefficient (Wildman–Crippen LogP) is 3.81. The number of hydrogen-bond donors (Lipinski definition) is 1. The van der Waals surface area contributed by atoms with Gasteiger partial charge in [-0.2, -0.15) is 17.9 Å². The highest BCUT2D eigenvalue weighted by Crippen LogP contribution is 2.31. The molecule has 1 unspecified atom stereocenters. The summed E-state index contributed by atoms with van der Waals surface area (Å²) in [6.45, 7) is 1.61. The number of methoxy groups -OCH3 is 1. The van der Waals surface area contributed by atoms with Gasteiger partial charge in [-0.3, -0.25) is 4.79 Å². The second-order valence-corrected chi connectivity index (χ2v) is 7.18. The number of anilines is 1. The molecule has 1 heterocycles. The summed E-state index contributed by atoms with van der Waals surface area (Å²) in [5, 5.41) is 13.6.